The summed E-state index contributed by atoms with van der Waals surface area (Å²) in [5.74, 6) is 0.817. The zero-order valence-electron chi connectivity index (χ0n) is 11.4. The Kier molecular flexibility index (Phi) is 3.49. The van der Waals surface area contributed by atoms with Crippen LogP contribution in [0.15, 0.2) is 30.5 Å². The summed E-state index contributed by atoms with van der Waals surface area (Å²) >= 11 is 0. The lowest BCUT2D eigenvalue weighted by Crippen LogP contribution is -2.26. The van der Waals surface area contributed by atoms with Crippen LogP contribution >= 0.6 is 0 Å². The smallest absolute Gasteiger partial charge is 0.316 e. The summed E-state index contributed by atoms with van der Waals surface area (Å²) in [5.41, 5.74) is 7.38. The number of fused-ring (bicyclic) bond motifs is 1. The first kappa shape index (κ1) is 14.1. The minimum absolute atomic E-state index is 0.0827. The second kappa shape index (κ2) is 5.18. The number of halogens is 3. The lowest BCUT2D eigenvalue weighted by molar-refractivity contribution is -0.137. The Morgan fingerprint density at radius 2 is 1.95 bits per heavy atom. The Morgan fingerprint density at radius 1 is 1.24 bits per heavy atom. The number of aryl methyl sites for hydroxylation is 1. The third-order valence-electron chi connectivity index (χ3n) is 3.86. The van der Waals surface area contributed by atoms with Crippen molar-refractivity contribution in [2.75, 3.05) is 0 Å². The van der Waals surface area contributed by atoms with Crippen molar-refractivity contribution in [3.63, 3.8) is 0 Å². The predicted octanol–water partition coefficient (Wildman–Crippen LogP) is 3.29. The van der Waals surface area contributed by atoms with Crippen LogP contribution in [0.25, 0.3) is 0 Å². The van der Waals surface area contributed by atoms with Gasteiger partial charge in [0.25, 0.3) is 0 Å². The molecule has 3 nitrogen and oxygen atoms in total. The van der Waals surface area contributed by atoms with E-state index in [1.165, 1.54) is 12.1 Å². The zero-order valence-corrected chi connectivity index (χ0v) is 11.4. The van der Waals surface area contributed by atoms with E-state index in [0.29, 0.717) is 6.42 Å². The van der Waals surface area contributed by atoms with Gasteiger partial charge in [0.1, 0.15) is 5.82 Å². The summed E-state index contributed by atoms with van der Waals surface area (Å²) in [4.78, 5) is 4.38. The molecule has 1 aliphatic rings. The normalized spacial score (nSPS) is 18.6. The van der Waals surface area contributed by atoms with E-state index in [2.05, 4.69) is 4.98 Å². The van der Waals surface area contributed by atoms with Gasteiger partial charge < -0.3 is 10.3 Å². The van der Waals surface area contributed by atoms with E-state index in [9.17, 15) is 13.2 Å². The molecule has 0 saturated heterocycles. The number of alkyl halides is 3. The number of rotatable bonds is 2. The second-order valence-corrected chi connectivity index (χ2v) is 5.37. The van der Waals surface area contributed by atoms with Crippen molar-refractivity contribution in [3.8, 4) is 0 Å². The fourth-order valence-corrected chi connectivity index (χ4v) is 2.77. The summed E-state index contributed by atoms with van der Waals surface area (Å²) < 4.78 is 39.6. The first-order valence-corrected chi connectivity index (χ1v) is 6.92. The summed E-state index contributed by atoms with van der Waals surface area (Å²) in [5, 5.41) is 0. The molecule has 0 aliphatic carbocycles. The highest BCUT2D eigenvalue weighted by Crippen LogP contribution is 2.30. The van der Waals surface area contributed by atoms with Crippen LogP contribution in [0.5, 0.6) is 0 Å². The molecule has 21 heavy (non-hydrogen) atoms. The molecule has 0 saturated carbocycles. The lowest BCUT2D eigenvalue weighted by atomic mass is 10.1. The molecule has 0 spiro atoms. The summed E-state index contributed by atoms with van der Waals surface area (Å²) in [6.45, 7) is 0. The number of nitrogens with two attached hydrogens (primary N) is 1. The van der Waals surface area contributed by atoms with Crippen molar-refractivity contribution in [1.82, 2.24) is 9.55 Å². The molecular formula is C15H16F3N3. The van der Waals surface area contributed by atoms with Crippen LogP contribution in [-0.2, 0) is 19.0 Å². The highest BCUT2D eigenvalue weighted by molar-refractivity contribution is 5.27. The van der Waals surface area contributed by atoms with Gasteiger partial charge in [-0.3, -0.25) is 0 Å². The van der Waals surface area contributed by atoms with E-state index in [1.807, 2.05) is 10.8 Å². The Labute approximate surface area is 120 Å². The van der Waals surface area contributed by atoms with E-state index in [0.717, 1.165) is 48.5 Å². The molecule has 1 aliphatic heterocycles. The Hall–Kier alpha value is -1.82. The molecule has 0 bridgehead atoms. The third kappa shape index (κ3) is 2.81. The van der Waals surface area contributed by atoms with Gasteiger partial charge in [-0.25, -0.2) is 4.98 Å². The van der Waals surface area contributed by atoms with Gasteiger partial charge in [0.2, 0.25) is 0 Å². The molecule has 2 aromatic rings. The van der Waals surface area contributed by atoms with E-state index in [1.54, 1.807) is 0 Å². The number of aromatic nitrogens is 2. The maximum atomic E-state index is 12.5. The van der Waals surface area contributed by atoms with Gasteiger partial charge in [-0.2, -0.15) is 13.2 Å². The fraction of sp³-hybridized carbons (Fsp3) is 0.400. The number of imidazole rings is 1. The van der Waals surface area contributed by atoms with Gasteiger partial charge in [-0.05, 0) is 37.0 Å². The number of hydrogen-bond acceptors (Lipinski definition) is 2. The van der Waals surface area contributed by atoms with Crippen LogP contribution in [0, 0.1) is 0 Å². The van der Waals surface area contributed by atoms with E-state index in [-0.39, 0.29) is 6.17 Å². The summed E-state index contributed by atoms with van der Waals surface area (Å²) in [6, 6.07) is 5.21. The monoisotopic (exact) mass is 295 g/mol. The minimum atomic E-state index is -4.30. The van der Waals surface area contributed by atoms with Crippen LogP contribution in [0.2, 0.25) is 0 Å². The van der Waals surface area contributed by atoms with Crippen LogP contribution in [0.3, 0.4) is 0 Å². The van der Waals surface area contributed by atoms with Crippen molar-refractivity contribution in [1.29, 1.82) is 0 Å². The second-order valence-electron chi connectivity index (χ2n) is 5.37. The molecule has 1 unspecified atom stereocenters. The van der Waals surface area contributed by atoms with Crippen molar-refractivity contribution in [3.05, 3.63) is 53.1 Å². The molecule has 2 heterocycles. The predicted molar refractivity (Wildman–Crippen MR) is 72.6 cm³/mol. The van der Waals surface area contributed by atoms with Gasteiger partial charge >= 0.3 is 6.18 Å². The topological polar surface area (TPSA) is 43.8 Å². The standard InChI is InChI=1S/C15H16F3N3/c16-15(17,18)11-6-4-10(5-7-11)8-14-20-9-12-2-1-3-13(19)21(12)14/h4-7,9,13H,1-3,8,19H2. The Bertz CT molecular complexity index is 629. The maximum Gasteiger partial charge on any atom is 0.416 e. The molecule has 6 heteroatoms. The molecule has 1 aromatic heterocycles. The largest absolute Gasteiger partial charge is 0.416 e. The summed E-state index contributed by atoms with van der Waals surface area (Å²) in [6.07, 6.45) is 0.835. The quantitative estimate of drug-likeness (QED) is 0.924. The van der Waals surface area contributed by atoms with Crippen molar-refractivity contribution < 1.29 is 13.2 Å². The van der Waals surface area contributed by atoms with Gasteiger partial charge in [-0.1, -0.05) is 12.1 Å². The van der Waals surface area contributed by atoms with Gasteiger partial charge in [-0.15, -0.1) is 0 Å². The lowest BCUT2D eigenvalue weighted by Gasteiger charge is -2.24. The first-order valence-electron chi connectivity index (χ1n) is 6.92. The SMILES string of the molecule is NC1CCCc2cnc(Cc3ccc(C(F)(F)F)cc3)n21. The number of hydrogen-bond donors (Lipinski definition) is 1. The molecule has 0 fully saturated rings. The average Bonchev–Trinajstić information content (AvgIpc) is 2.83. The molecule has 1 aromatic carbocycles. The molecular weight excluding hydrogens is 279 g/mol. The van der Waals surface area contributed by atoms with Crippen LogP contribution < -0.4 is 5.73 Å². The van der Waals surface area contributed by atoms with E-state index < -0.39 is 11.7 Å². The van der Waals surface area contributed by atoms with Gasteiger partial charge in [0.05, 0.1) is 11.7 Å². The molecule has 112 valence electrons. The van der Waals surface area contributed by atoms with Gasteiger partial charge in [0, 0.05) is 18.3 Å². The van der Waals surface area contributed by atoms with Crippen LogP contribution in [0.4, 0.5) is 13.2 Å². The molecule has 2 N–H and O–H groups in total. The zero-order chi connectivity index (χ0) is 15.0. The van der Waals surface area contributed by atoms with Crippen molar-refractivity contribution in [2.24, 2.45) is 5.73 Å². The molecule has 3 rings (SSSR count). The van der Waals surface area contributed by atoms with Gasteiger partial charge in [0.15, 0.2) is 0 Å². The van der Waals surface area contributed by atoms with Crippen molar-refractivity contribution in [2.45, 2.75) is 38.0 Å². The molecule has 0 radical (unpaired) electrons. The minimum Gasteiger partial charge on any atom is -0.316 e. The molecule has 0 amide bonds. The Balaban J connectivity index is 1.83. The number of benzene rings is 1. The highest BCUT2D eigenvalue weighted by atomic mass is 19.4. The highest BCUT2D eigenvalue weighted by Gasteiger charge is 2.30. The molecule has 1 atom stereocenters. The Morgan fingerprint density at radius 3 is 2.62 bits per heavy atom. The van der Waals surface area contributed by atoms with E-state index >= 15 is 0 Å². The number of nitrogens with zero attached hydrogens (tertiary/aromatic N) is 2. The first-order chi connectivity index (χ1) is 9.95. The maximum absolute atomic E-state index is 12.5. The van der Waals surface area contributed by atoms with E-state index in [4.69, 9.17) is 5.73 Å². The third-order valence-corrected chi connectivity index (χ3v) is 3.86. The van der Waals surface area contributed by atoms with Crippen LogP contribution in [-0.4, -0.2) is 9.55 Å². The fourth-order valence-electron chi connectivity index (χ4n) is 2.77. The average molecular weight is 295 g/mol. The summed E-state index contributed by atoms with van der Waals surface area (Å²) in [7, 11) is 0. The van der Waals surface area contributed by atoms with Crippen molar-refractivity contribution >= 4 is 0 Å². The van der Waals surface area contributed by atoms with Crippen LogP contribution in [0.1, 0.15) is 41.7 Å².